The second-order valence-electron chi connectivity index (χ2n) is 4.77. The zero-order chi connectivity index (χ0) is 15.2. The third-order valence-corrected chi connectivity index (χ3v) is 5.21. The van der Waals surface area contributed by atoms with Gasteiger partial charge in [0.2, 0.25) is 0 Å². The first-order valence-corrected chi connectivity index (χ1v) is 8.05. The molecule has 0 aliphatic heterocycles. The molecule has 0 saturated carbocycles. The Kier molecular flexibility index (Phi) is 5.44. The van der Waals surface area contributed by atoms with Crippen LogP contribution in [0, 0.1) is 0 Å². The molecule has 0 aromatic heterocycles. The van der Waals surface area contributed by atoms with Gasteiger partial charge in [0, 0.05) is 12.7 Å². The smallest absolute Gasteiger partial charge is 0.327 e. The summed E-state index contributed by atoms with van der Waals surface area (Å²) in [6.07, 6.45) is 1.47. The maximum Gasteiger partial charge on any atom is 0.327 e. The van der Waals surface area contributed by atoms with Crippen LogP contribution in [0.15, 0.2) is 30.3 Å². The summed E-state index contributed by atoms with van der Waals surface area (Å²) in [4.78, 5) is 22.5. The van der Waals surface area contributed by atoms with Gasteiger partial charge >= 0.3 is 5.97 Å². The number of sulfone groups is 1. The maximum absolute atomic E-state index is 12.1. The highest BCUT2D eigenvalue weighted by atomic mass is 32.2. The summed E-state index contributed by atoms with van der Waals surface area (Å²) in [5.74, 6) is -0.828. The monoisotopic (exact) mass is 298 g/mol. The topological polar surface area (TPSA) is 77.5 Å². The Morgan fingerprint density at radius 3 is 2.40 bits per heavy atom. The number of carbonyl (C=O) groups is 2. The molecule has 0 N–H and O–H groups in total. The lowest BCUT2D eigenvalue weighted by Crippen LogP contribution is -2.44. The molecule has 0 amide bonds. The summed E-state index contributed by atoms with van der Waals surface area (Å²) in [5, 5.41) is 0. The van der Waals surface area contributed by atoms with Crippen molar-refractivity contribution in [2.75, 3.05) is 6.26 Å². The van der Waals surface area contributed by atoms with Crippen molar-refractivity contribution < 1.29 is 22.7 Å². The molecule has 0 unspecified atom stereocenters. The predicted octanol–water partition coefficient (Wildman–Crippen LogP) is 1.51. The van der Waals surface area contributed by atoms with E-state index in [1.165, 1.54) is 6.92 Å². The summed E-state index contributed by atoms with van der Waals surface area (Å²) in [6, 6.07) is 8.97. The highest BCUT2D eigenvalue weighted by Crippen LogP contribution is 2.24. The van der Waals surface area contributed by atoms with Gasteiger partial charge in [0.15, 0.2) is 14.6 Å². The average molecular weight is 298 g/mol. The van der Waals surface area contributed by atoms with Crippen molar-refractivity contribution >= 4 is 22.1 Å². The minimum atomic E-state index is -3.67. The Hall–Kier alpha value is -1.69. The second-order valence-corrected chi connectivity index (χ2v) is 7.22. The Morgan fingerprint density at radius 2 is 1.90 bits per heavy atom. The number of rotatable bonds is 7. The fraction of sp³-hybridized carbons (Fsp3) is 0.429. The summed E-state index contributed by atoms with van der Waals surface area (Å²) >= 11 is 0. The summed E-state index contributed by atoms with van der Waals surface area (Å²) in [6.45, 7) is 1.30. The third-order valence-electron chi connectivity index (χ3n) is 3.20. The normalized spacial score (nSPS) is 14.3. The minimum absolute atomic E-state index is 0.00583. The van der Waals surface area contributed by atoms with Crippen LogP contribution >= 0.6 is 0 Å². The van der Waals surface area contributed by atoms with Gasteiger partial charge in [0.1, 0.15) is 12.9 Å². The molecule has 0 saturated heterocycles. The Balaban J connectivity index is 2.82. The number of esters is 1. The van der Waals surface area contributed by atoms with Crippen molar-refractivity contribution in [1.82, 2.24) is 0 Å². The lowest BCUT2D eigenvalue weighted by molar-refractivity contribution is -0.147. The highest BCUT2D eigenvalue weighted by molar-refractivity contribution is 7.92. The second kappa shape index (κ2) is 6.65. The van der Waals surface area contributed by atoms with Gasteiger partial charge < -0.3 is 9.53 Å². The van der Waals surface area contributed by atoms with Crippen LogP contribution in [0.4, 0.5) is 0 Å². The van der Waals surface area contributed by atoms with Crippen LogP contribution in [0.3, 0.4) is 0 Å². The molecule has 1 rings (SSSR count). The molecule has 0 heterocycles. The summed E-state index contributed by atoms with van der Waals surface area (Å²) in [5.41, 5.74) is 0.770. The van der Waals surface area contributed by atoms with Gasteiger partial charge in [-0.05, 0) is 18.9 Å². The number of benzene rings is 1. The quantitative estimate of drug-likeness (QED) is 0.563. The zero-order valence-corrected chi connectivity index (χ0v) is 12.4. The molecule has 0 aliphatic carbocycles. The van der Waals surface area contributed by atoms with Crippen molar-refractivity contribution in [3.05, 3.63) is 35.9 Å². The SMILES string of the molecule is C[C@@](CCC=O)(C(=O)OCc1ccccc1)S(C)(=O)=O. The molecule has 0 aliphatic rings. The van der Waals surface area contributed by atoms with E-state index >= 15 is 0 Å². The van der Waals surface area contributed by atoms with Crippen LogP contribution in [0.2, 0.25) is 0 Å². The first-order chi connectivity index (χ1) is 9.31. The molecule has 0 spiro atoms. The minimum Gasteiger partial charge on any atom is -0.460 e. The van der Waals surface area contributed by atoms with Crippen LogP contribution in [0.1, 0.15) is 25.3 Å². The van der Waals surface area contributed by atoms with Crippen LogP contribution in [0.5, 0.6) is 0 Å². The van der Waals surface area contributed by atoms with Gasteiger partial charge in [0.25, 0.3) is 0 Å². The molecular weight excluding hydrogens is 280 g/mol. The number of carbonyl (C=O) groups excluding carboxylic acids is 2. The van der Waals surface area contributed by atoms with Gasteiger partial charge in [0.05, 0.1) is 0 Å². The molecule has 1 aromatic rings. The van der Waals surface area contributed by atoms with Crippen molar-refractivity contribution in [3.63, 3.8) is 0 Å². The Bertz CT molecular complexity index is 564. The van der Waals surface area contributed by atoms with Crippen molar-refractivity contribution in [2.45, 2.75) is 31.1 Å². The van der Waals surface area contributed by atoms with Gasteiger partial charge in [-0.1, -0.05) is 30.3 Å². The van der Waals surface area contributed by atoms with Gasteiger partial charge in [-0.15, -0.1) is 0 Å². The summed E-state index contributed by atoms with van der Waals surface area (Å²) < 4.78 is 27.0. The summed E-state index contributed by atoms with van der Waals surface area (Å²) in [7, 11) is -3.67. The lowest BCUT2D eigenvalue weighted by Gasteiger charge is -2.24. The fourth-order valence-corrected chi connectivity index (χ4v) is 2.50. The van der Waals surface area contributed by atoms with E-state index < -0.39 is 20.6 Å². The van der Waals surface area contributed by atoms with E-state index in [4.69, 9.17) is 4.74 Å². The lowest BCUT2D eigenvalue weighted by atomic mass is 10.1. The molecule has 0 radical (unpaired) electrons. The largest absolute Gasteiger partial charge is 0.460 e. The molecule has 1 aromatic carbocycles. The van der Waals surface area contributed by atoms with Crippen LogP contribution in [-0.2, 0) is 30.8 Å². The maximum atomic E-state index is 12.1. The van der Waals surface area contributed by atoms with E-state index in [0.717, 1.165) is 11.8 Å². The van der Waals surface area contributed by atoms with Gasteiger partial charge in [-0.25, -0.2) is 8.42 Å². The van der Waals surface area contributed by atoms with E-state index in [-0.39, 0.29) is 19.4 Å². The van der Waals surface area contributed by atoms with E-state index in [9.17, 15) is 18.0 Å². The van der Waals surface area contributed by atoms with Crippen molar-refractivity contribution in [1.29, 1.82) is 0 Å². The number of hydrogen-bond acceptors (Lipinski definition) is 5. The number of ether oxygens (including phenoxy) is 1. The van der Waals surface area contributed by atoms with Crippen LogP contribution in [-0.4, -0.2) is 31.7 Å². The number of aldehydes is 1. The fourth-order valence-electron chi connectivity index (χ4n) is 1.65. The first kappa shape index (κ1) is 16.4. The molecule has 0 bridgehead atoms. The van der Waals surface area contributed by atoms with E-state index in [2.05, 4.69) is 0 Å². The molecule has 0 fully saturated rings. The third kappa shape index (κ3) is 3.90. The van der Waals surface area contributed by atoms with Crippen molar-refractivity contribution in [3.8, 4) is 0 Å². The number of hydrogen-bond donors (Lipinski definition) is 0. The van der Waals surface area contributed by atoms with E-state index in [1.807, 2.05) is 6.07 Å². The van der Waals surface area contributed by atoms with E-state index in [0.29, 0.717) is 6.29 Å². The first-order valence-electron chi connectivity index (χ1n) is 6.15. The molecule has 20 heavy (non-hydrogen) atoms. The van der Waals surface area contributed by atoms with Crippen LogP contribution in [0.25, 0.3) is 0 Å². The molecule has 5 nitrogen and oxygen atoms in total. The Labute approximate surface area is 118 Å². The van der Waals surface area contributed by atoms with Gasteiger partial charge in [-0.3, -0.25) is 4.79 Å². The highest BCUT2D eigenvalue weighted by Gasteiger charge is 2.44. The molecule has 6 heteroatoms. The Morgan fingerprint density at radius 1 is 1.30 bits per heavy atom. The molecular formula is C14H18O5S. The van der Waals surface area contributed by atoms with Gasteiger partial charge in [-0.2, -0.15) is 0 Å². The molecule has 1 atom stereocenters. The van der Waals surface area contributed by atoms with Crippen molar-refractivity contribution in [2.24, 2.45) is 0 Å². The van der Waals surface area contributed by atoms with E-state index in [1.54, 1.807) is 24.3 Å². The predicted molar refractivity (Wildman–Crippen MR) is 74.8 cm³/mol. The van der Waals surface area contributed by atoms with Crippen LogP contribution < -0.4 is 0 Å². The average Bonchev–Trinajstić information content (AvgIpc) is 2.42. The standard InChI is InChI=1S/C14H18O5S/c1-14(9-6-10-15,20(2,17)18)13(16)19-11-12-7-4-3-5-8-12/h3-5,7-8,10H,6,9,11H2,1-2H3/t14-/m1/s1. The molecule has 110 valence electrons. The zero-order valence-electron chi connectivity index (χ0n) is 11.5.